The molecule has 0 heterocycles. The molecule has 27 heavy (non-hydrogen) atoms. The van der Waals surface area contributed by atoms with Gasteiger partial charge in [-0.2, -0.15) is 5.10 Å². The van der Waals surface area contributed by atoms with Crippen LogP contribution in [0.5, 0.6) is 5.75 Å². The predicted octanol–water partition coefficient (Wildman–Crippen LogP) is 4.60. The summed E-state index contributed by atoms with van der Waals surface area (Å²) in [5.41, 5.74) is 3.26. The van der Waals surface area contributed by atoms with Crippen molar-refractivity contribution in [1.29, 1.82) is 0 Å². The van der Waals surface area contributed by atoms with Gasteiger partial charge in [-0.1, -0.05) is 43.2 Å². The molecular formula is C23H26N2O2. The third-order valence-electron chi connectivity index (χ3n) is 7.14. The number of phenolic OH excluding ortho intramolecular Hbond substituents is 1. The largest absolute Gasteiger partial charge is 0.507 e. The Bertz CT molecular complexity index is 904. The highest BCUT2D eigenvalue weighted by Gasteiger charge is 2.52. The van der Waals surface area contributed by atoms with Crippen molar-refractivity contribution in [3.8, 4) is 5.75 Å². The summed E-state index contributed by atoms with van der Waals surface area (Å²) in [6, 6.07) is 11.4. The lowest BCUT2D eigenvalue weighted by Crippen LogP contribution is -2.47. The summed E-state index contributed by atoms with van der Waals surface area (Å²) >= 11 is 0. The van der Waals surface area contributed by atoms with Crippen LogP contribution in [0.1, 0.15) is 50.5 Å². The monoisotopic (exact) mass is 362 g/mol. The summed E-state index contributed by atoms with van der Waals surface area (Å²) in [4.78, 5) is 13.1. The van der Waals surface area contributed by atoms with Crippen LogP contribution in [-0.4, -0.2) is 17.2 Å². The van der Waals surface area contributed by atoms with E-state index in [1.807, 2.05) is 30.3 Å². The number of rotatable bonds is 3. The Morgan fingerprint density at radius 2 is 1.74 bits per heavy atom. The summed E-state index contributed by atoms with van der Waals surface area (Å²) in [6.45, 7) is 0. The molecule has 4 aliphatic carbocycles. The number of hydrogen-bond acceptors (Lipinski definition) is 3. The molecule has 0 radical (unpaired) electrons. The molecule has 0 aromatic heterocycles. The first-order valence-corrected chi connectivity index (χ1v) is 10.2. The molecule has 2 atom stereocenters. The zero-order valence-corrected chi connectivity index (χ0v) is 15.5. The molecule has 140 valence electrons. The molecule has 1 amide bonds. The van der Waals surface area contributed by atoms with Gasteiger partial charge in [0.05, 0.1) is 11.6 Å². The van der Waals surface area contributed by atoms with Crippen molar-refractivity contribution in [2.24, 2.45) is 28.3 Å². The maximum atomic E-state index is 13.1. The summed E-state index contributed by atoms with van der Waals surface area (Å²) in [6.07, 6.45) is 9.90. The minimum Gasteiger partial charge on any atom is -0.507 e. The van der Waals surface area contributed by atoms with Gasteiger partial charge in [-0.25, -0.2) is 5.43 Å². The molecule has 4 aliphatic rings. The lowest BCUT2D eigenvalue weighted by Gasteiger charge is -2.46. The second kappa shape index (κ2) is 6.36. The Labute approximate surface area is 159 Å². The zero-order chi connectivity index (χ0) is 18.4. The van der Waals surface area contributed by atoms with Gasteiger partial charge < -0.3 is 5.11 Å². The topological polar surface area (TPSA) is 61.7 Å². The van der Waals surface area contributed by atoms with Crippen LogP contribution in [-0.2, 0) is 4.79 Å². The Morgan fingerprint density at radius 1 is 1.04 bits per heavy atom. The molecule has 4 heteroatoms. The summed E-state index contributed by atoms with van der Waals surface area (Å²) in [5, 5.41) is 16.5. The molecule has 2 unspecified atom stereocenters. The highest BCUT2D eigenvalue weighted by atomic mass is 16.3. The van der Waals surface area contributed by atoms with Crippen LogP contribution in [0.25, 0.3) is 10.8 Å². The molecule has 4 bridgehead atoms. The van der Waals surface area contributed by atoms with Crippen molar-refractivity contribution >= 4 is 22.9 Å². The number of nitrogens with one attached hydrogen (secondary N) is 1. The number of nitrogens with zero attached hydrogens (tertiary/aromatic N) is 1. The highest BCUT2D eigenvalue weighted by Crippen LogP contribution is 2.57. The van der Waals surface area contributed by atoms with Crippen molar-refractivity contribution in [3.05, 3.63) is 42.0 Å². The maximum Gasteiger partial charge on any atom is 0.246 e. The Hall–Kier alpha value is -2.36. The number of benzene rings is 2. The average Bonchev–Trinajstić information content (AvgIpc) is 2.89. The first-order chi connectivity index (χ1) is 13.1. The van der Waals surface area contributed by atoms with Gasteiger partial charge in [0.25, 0.3) is 0 Å². The van der Waals surface area contributed by atoms with Gasteiger partial charge in [-0.3, -0.25) is 4.79 Å². The van der Waals surface area contributed by atoms with Gasteiger partial charge in [-0.05, 0) is 66.7 Å². The summed E-state index contributed by atoms with van der Waals surface area (Å²) < 4.78 is 0. The number of aromatic hydroxyl groups is 1. The second-order valence-electron chi connectivity index (χ2n) is 8.96. The molecule has 0 aliphatic heterocycles. The van der Waals surface area contributed by atoms with Crippen molar-refractivity contribution in [1.82, 2.24) is 5.43 Å². The van der Waals surface area contributed by atoms with E-state index >= 15 is 0 Å². The minimum absolute atomic E-state index is 0.0831. The van der Waals surface area contributed by atoms with Crippen LogP contribution in [0.2, 0.25) is 0 Å². The third-order valence-corrected chi connectivity index (χ3v) is 7.14. The van der Waals surface area contributed by atoms with E-state index in [9.17, 15) is 9.90 Å². The molecule has 2 aromatic rings. The fourth-order valence-electron chi connectivity index (χ4n) is 6.16. The van der Waals surface area contributed by atoms with Gasteiger partial charge in [0.1, 0.15) is 5.75 Å². The fourth-order valence-corrected chi connectivity index (χ4v) is 6.16. The normalized spacial score (nSPS) is 32.1. The highest BCUT2D eigenvalue weighted by molar-refractivity contribution is 6.02. The summed E-state index contributed by atoms with van der Waals surface area (Å²) in [5.74, 6) is 2.42. The van der Waals surface area contributed by atoms with Crippen molar-refractivity contribution < 1.29 is 9.90 Å². The van der Waals surface area contributed by atoms with Gasteiger partial charge in [0.2, 0.25) is 5.91 Å². The van der Waals surface area contributed by atoms with Crippen molar-refractivity contribution in [3.63, 3.8) is 0 Å². The fraction of sp³-hybridized carbons (Fsp3) is 0.478. The molecule has 4 nitrogen and oxygen atoms in total. The van der Waals surface area contributed by atoms with E-state index in [0.29, 0.717) is 17.4 Å². The SMILES string of the molecule is O=C(N/N=C/c1c(O)ccc2ccccc12)C12CC3CCC(CC(C3)C1)C2. The third kappa shape index (κ3) is 2.91. The zero-order valence-electron chi connectivity index (χ0n) is 15.5. The van der Waals surface area contributed by atoms with E-state index in [-0.39, 0.29) is 17.1 Å². The molecular weight excluding hydrogens is 336 g/mol. The molecule has 6 rings (SSSR count). The van der Waals surface area contributed by atoms with Crippen LogP contribution < -0.4 is 5.43 Å². The quantitative estimate of drug-likeness (QED) is 0.619. The standard InChI is InChI=1S/C23H26N2O2/c26-21-8-7-18-3-1-2-4-19(18)20(21)14-24-25-22(27)23-11-15-5-6-16(12-23)10-17(9-15)13-23/h1-4,7-8,14-17,26H,5-6,9-13H2,(H,25,27)/b24-14+. The first-order valence-electron chi connectivity index (χ1n) is 10.2. The first kappa shape index (κ1) is 16.8. The van der Waals surface area contributed by atoms with E-state index in [2.05, 4.69) is 10.5 Å². The number of hydrogen-bond donors (Lipinski definition) is 2. The predicted molar refractivity (Wildman–Crippen MR) is 107 cm³/mol. The van der Waals surface area contributed by atoms with Gasteiger partial charge in [0.15, 0.2) is 0 Å². The Morgan fingerprint density at radius 3 is 2.52 bits per heavy atom. The van der Waals surface area contributed by atoms with Crippen LogP contribution in [0.3, 0.4) is 0 Å². The molecule has 4 fully saturated rings. The maximum absolute atomic E-state index is 13.1. The number of carbonyl (C=O) groups excluding carboxylic acids is 1. The Kier molecular flexibility index (Phi) is 3.96. The minimum atomic E-state index is -0.217. The van der Waals surface area contributed by atoms with E-state index in [1.54, 1.807) is 12.3 Å². The summed E-state index contributed by atoms with van der Waals surface area (Å²) in [7, 11) is 0. The molecule has 4 saturated carbocycles. The van der Waals surface area contributed by atoms with Crippen molar-refractivity contribution in [2.75, 3.05) is 0 Å². The van der Waals surface area contributed by atoms with Gasteiger partial charge in [-0.15, -0.1) is 0 Å². The Balaban J connectivity index is 1.38. The van der Waals surface area contributed by atoms with Crippen LogP contribution in [0.4, 0.5) is 0 Å². The van der Waals surface area contributed by atoms with Crippen molar-refractivity contribution in [2.45, 2.75) is 44.9 Å². The lowest BCUT2D eigenvalue weighted by atomic mass is 9.58. The van der Waals surface area contributed by atoms with Crippen LogP contribution in [0, 0.1) is 23.2 Å². The van der Waals surface area contributed by atoms with Crippen LogP contribution >= 0.6 is 0 Å². The average molecular weight is 362 g/mol. The molecule has 0 saturated heterocycles. The van der Waals surface area contributed by atoms with E-state index < -0.39 is 0 Å². The van der Waals surface area contributed by atoms with Crippen LogP contribution in [0.15, 0.2) is 41.5 Å². The smallest absolute Gasteiger partial charge is 0.246 e. The number of carbonyl (C=O) groups is 1. The molecule has 2 aromatic carbocycles. The number of fused-ring (bicyclic) bond motifs is 2. The van der Waals surface area contributed by atoms with E-state index in [4.69, 9.17) is 0 Å². The second-order valence-corrected chi connectivity index (χ2v) is 8.96. The number of hydrazone groups is 1. The number of phenols is 1. The van der Waals surface area contributed by atoms with Gasteiger partial charge in [0, 0.05) is 5.56 Å². The molecule has 0 spiro atoms. The van der Waals surface area contributed by atoms with Gasteiger partial charge >= 0.3 is 0 Å². The number of amides is 1. The van der Waals surface area contributed by atoms with E-state index in [0.717, 1.165) is 36.0 Å². The van der Waals surface area contributed by atoms with E-state index in [1.165, 1.54) is 25.7 Å². The lowest BCUT2D eigenvalue weighted by molar-refractivity contribution is -0.138. The molecule has 2 N–H and O–H groups in total.